The highest BCUT2D eigenvalue weighted by Crippen LogP contribution is 2.34. The minimum Gasteiger partial charge on any atom is -0.392 e. The highest BCUT2D eigenvalue weighted by atomic mass is 19.1. The van der Waals surface area contributed by atoms with E-state index in [1.807, 2.05) is 0 Å². The molecule has 1 saturated heterocycles. The van der Waals surface area contributed by atoms with Gasteiger partial charge in [-0.3, -0.25) is 14.4 Å². The van der Waals surface area contributed by atoms with Gasteiger partial charge >= 0.3 is 5.97 Å². The van der Waals surface area contributed by atoms with Gasteiger partial charge in [0.1, 0.15) is 5.82 Å². The molecule has 35 heavy (non-hydrogen) atoms. The summed E-state index contributed by atoms with van der Waals surface area (Å²) >= 11 is 0. The maximum atomic E-state index is 13.7. The van der Waals surface area contributed by atoms with Crippen LogP contribution in [0.5, 0.6) is 0 Å². The minimum absolute atomic E-state index is 0.108. The number of amides is 2. The normalized spacial score (nSPS) is 17.6. The van der Waals surface area contributed by atoms with Gasteiger partial charge < -0.3 is 30.7 Å². The number of aliphatic hydroxyl groups excluding tert-OH is 2. The van der Waals surface area contributed by atoms with Crippen molar-refractivity contribution in [3.05, 3.63) is 52.1 Å². The molecular formula is C24H27FN4O6. The number of carbonyl (C=O) groups excluding carboxylic acids is 3. The second-order valence-electron chi connectivity index (χ2n) is 8.72. The Labute approximate surface area is 200 Å². The van der Waals surface area contributed by atoms with Crippen molar-refractivity contribution >= 4 is 35.1 Å². The second kappa shape index (κ2) is 9.98. The van der Waals surface area contributed by atoms with Crippen LogP contribution in [-0.2, 0) is 14.4 Å². The number of aromatic amines is 1. The molecule has 2 aromatic rings. The Balaban J connectivity index is 1.38. The fourth-order valence-corrected chi connectivity index (χ4v) is 3.99. The van der Waals surface area contributed by atoms with E-state index < -0.39 is 29.9 Å². The summed E-state index contributed by atoms with van der Waals surface area (Å²) in [7, 11) is 0. The molecule has 1 fully saturated rings. The molecule has 2 amide bonds. The summed E-state index contributed by atoms with van der Waals surface area (Å²) in [6.45, 7) is 4.63. The number of hydrogen-bond acceptors (Lipinski definition) is 7. The lowest BCUT2D eigenvalue weighted by molar-refractivity contribution is -0.168. The van der Waals surface area contributed by atoms with E-state index in [4.69, 9.17) is 4.84 Å². The molecule has 2 aliphatic heterocycles. The molecule has 0 aliphatic carbocycles. The molecule has 10 nitrogen and oxygen atoms in total. The lowest BCUT2D eigenvalue weighted by Gasteiger charge is -2.16. The number of hydroxylamine groups is 2. The summed E-state index contributed by atoms with van der Waals surface area (Å²) in [4.78, 5) is 44.8. The van der Waals surface area contributed by atoms with Crippen molar-refractivity contribution in [1.82, 2.24) is 15.4 Å². The van der Waals surface area contributed by atoms with Gasteiger partial charge in [0.2, 0.25) is 0 Å². The molecule has 0 saturated carbocycles. The smallest absolute Gasteiger partial charge is 0.327 e. The van der Waals surface area contributed by atoms with Crippen molar-refractivity contribution in [2.45, 2.75) is 38.9 Å². The first kappa shape index (κ1) is 24.6. The molecule has 0 bridgehead atoms. The zero-order valence-electron chi connectivity index (χ0n) is 19.4. The standard InChI is InChI=1S/C24H27FN4O6/c1-12-20(10-18-17-7-14(25)3-4-19(17)28-23(18)33)27-13(2)22(12)24(34)26-11-16(31)8-15(30)9-21(32)35-29-5-6-29/h3-4,7,10,15-16,27,30-31H,5-6,8-9,11H2,1-2H3,(H,26,34)(H,28,33)/b18-10-/t15-,16+/m1/s1. The second-order valence-corrected chi connectivity index (χ2v) is 8.72. The SMILES string of the molecule is Cc1[nH]c(/C=C2\C(=O)Nc3ccc(F)cc32)c(C)c1C(=O)NC[C@@H](O)C[C@@H](O)CC(=O)ON1CC1. The first-order chi connectivity index (χ1) is 16.6. The Morgan fingerprint density at radius 2 is 2.00 bits per heavy atom. The molecule has 0 spiro atoms. The van der Waals surface area contributed by atoms with Gasteiger partial charge in [0.15, 0.2) is 0 Å². The van der Waals surface area contributed by atoms with E-state index in [-0.39, 0.29) is 30.9 Å². The molecule has 0 radical (unpaired) electrons. The number of halogens is 1. The van der Waals surface area contributed by atoms with Crippen LogP contribution >= 0.6 is 0 Å². The summed E-state index contributed by atoms with van der Waals surface area (Å²) in [5, 5.41) is 26.9. The van der Waals surface area contributed by atoms with Crippen molar-refractivity contribution in [3.8, 4) is 0 Å². The van der Waals surface area contributed by atoms with Crippen LogP contribution in [0, 0.1) is 19.7 Å². The summed E-state index contributed by atoms with van der Waals surface area (Å²) in [5.41, 5.74) is 3.23. The van der Waals surface area contributed by atoms with E-state index in [2.05, 4.69) is 15.6 Å². The zero-order chi connectivity index (χ0) is 25.3. The number of nitrogens with one attached hydrogen (secondary N) is 3. The summed E-state index contributed by atoms with van der Waals surface area (Å²) in [6, 6.07) is 4.03. The van der Waals surface area contributed by atoms with Crippen molar-refractivity contribution < 1.29 is 33.8 Å². The minimum atomic E-state index is -1.10. The van der Waals surface area contributed by atoms with Crippen molar-refractivity contribution in [2.24, 2.45) is 0 Å². The topological polar surface area (TPSA) is 144 Å². The maximum absolute atomic E-state index is 13.7. The molecule has 1 aromatic carbocycles. The monoisotopic (exact) mass is 486 g/mol. The summed E-state index contributed by atoms with van der Waals surface area (Å²) < 4.78 is 13.7. The Morgan fingerprint density at radius 1 is 1.26 bits per heavy atom. The number of aliphatic hydroxyl groups is 2. The maximum Gasteiger partial charge on any atom is 0.327 e. The van der Waals surface area contributed by atoms with Crippen LogP contribution in [0.3, 0.4) is 0 Å². The molecule has 1 aromatic heterocycles. The lowest BCUT2D eigenvalue weighted by Crippen LogP contribution is -2.35. The van der Waals surface area contributed by atoms with Crippen molar-refractivity contribution in [1.29, 1.82) is 0 Å². The van der Waals surface area contributed by atoms with Gasteiger partial charge in [-0.05, 0) is 43.7 Å². The number of carbonyl (C=O) groups is 3. The van der Waals surface area contributed by atoms with Gasteiger partial charge in [0.25, 0.3) is 11.8 Å². The highest BCUT2D eigenvalue weighted by molar-refractivity contribution is 6.34. The molecule has 0 unspecified atom stereocenters. The number of rotatable bonds is 9. The molecule has 5 N–H and O–H groups in total. The number of anilines is 1. The van der Waals surface area contributed by atoms with Crippen LogP contribution in [-0.4, -0.2) is 69.9 Å². The third-order valence-electron chi connectivity index (χ3n) is 5.84. The molecule has 3 heterocycles. The van der Waals surface area contributed by atoms with E-state index in [1.54, 1.807) is 19.9 Å². The van der Waals surface area contributed by atoms with Gasteiger partial charge in [-0.15, -0.1) is 5.06 Å². The number of hydrogen-bond donors (Lipinski definition) is 5. The van der Waals surface area contributed by atoms with Crippen LogP contribution in [0.15, 0.2) is 18.2 Å². The van der Waals surface area contributed by atoms with Crippen molar-refractivity contribution in [3.63, 3.8) is 0 Å². The predicted molar refractivity (Wildman–Crippen MR) is 124 cm³/mol. The van der Waals surface area contributed by atoms with E-state index in [1.165, 1.54) is 23.3 Å². The highest BCUT2D eigenvalue weighted by Gasteiger charge is 2.27. The van der Waals surface area contributed by atoms with Gasteiger partial charge in [-0.1, -0.05) is 0 Å². The third kappa shape index (κ3) is 5.76. The predicted octanol–water partition coefficient (Wildman–Crippen LogP) is 1.27. The number of nitrogens with zero attached hydrogens (tertiary/aromatic N) is 1. The summed E-state index contributed by atoms with van der Waals surface area (Å²) in [6.07, 6.45) is -0.965. The average molecular weight is 487 g/mol. The first-order valence-electron chi connectivity index (χ1n) is 11.2. The van der Waals surface area contributed by atoms with Crippen molar-refractivity contribution in [2.75, 3.05) is 25.0 Å². The molecule has 4 rings (SSSR count). The molecule has 11 heteroatoms. The van der Waals surface area contributed by atoms with E-state index in [9.17, 15) is 29.0 Å². The van der Waals surface area contributed by atoms with Gasteiger partial charge in [-0.25, -0.2) is 4.39 Å². The fourth-order valence-electron chi connectivity index (χ4n) is 3.99. The first-order valence-corrected chi connectivity index (χ1v) is 11.2. The molecule has 2 atom stereocenters. The zero-order valence-corrected chi connectivity index (χ0v) is 19.4. The number of benzene rings is 1. The largest absolute Gasteiger partial charge is 0.392 e. The van der Waals surface area contributed by atoms with E-state index >= 15 is 0 Å². The van der Waals surface area contributed by atoms with Crippen LogP contribution in [0.1, 0.15) is 45.7 Å². The molecular weight excluding hydrogens is 459 g/mol. The number of H-pyrrole nitrogens is 1. The Bertz CT molecular complexity index is 1200. The average Bonchev–Trinajstić information content (AvgIpc) is 3.47. The van der Waals surface area contributed by atoms with Crippen LogP contribution in [0.4, 0.5) is 10.1 Å². The fraction of sp³-hybridized carbons (Fsp3) is 0.375. The van der Waals surface area contributed by atoms with Crippen LogP contribution < -0.4 is 10.6 Å². The Hall–Kier alpha value is -3.54. The Morgan fingerprint density at radius 3 is 2.71 bits per heavy atom. The number of aryl methyl sites for hydroxylation is 1. The van der Waals surface area contributed by atoms with Gasteiger partial charge in [0, 0.05) is 35.6 Å². The Kier molecular flexibility index (Phi) is 7.01. The van der Waals surface area contributed by atoms with E-state index in [0.29, 0.717) is 46.9 Å². The number of fused-ring (bicyclic) bond motifs is 1. The molecule has 2 aliphatic rings. The lowest BCUT2D eigenvalue weighted by atomic mass is 10.0. The van der Waals surface area contributed by atoms with Gasteiger partial charge in [0.05, 0.1) is 42.9 Å². The molecule has 186 valence electrons. The van der Waals surface area contributed by atoms with Crippen LogP contribution in [0.25, 0.3) is 11.6 Å². The summed E-state index contributed by atoms with van der Waals surface area (Å²) in [5.74, 6) is -1.86. The number of aromatic nitrogens is 1. The van der Waals surface area contributed by atoms with Crippen LogP contribution in [0.2, 0.25) is 0 Å². The quantitative estimate of drug-likeness (QED) is 0.265. The third-order valence-corrected chi connectivity index (χ3v) is 5.84. The van der Waals surface area contributed by atoms with E-state index in [0.717, 1.165) is 0 Å². The van der Waals surface area contributed by atoms with Gasteiger partial charge in [-0.2, -0.15) is 0 Å².